The van der Waals surface area contributed by atoms with Crippen molar-refractivity contribution >= 4 is 29.6 Å². The molecule has 1 unspecified atom stereocenters. The van der Waals surface area contributed by atoms with Gasteiger partial charge in [-0.25, -0.2) is 9.59 Å². The highest BCUT2D eigenvalue weighted by molar-refractivity contribution is 5.94. The minimum absolute atomic E-state index is 0.0524. The van der Waals surface area contributed by atoms with Gasteiger partial charge in [0, 0.05) is 18.7 Å². The summed E-state index contributed by atoms with van der Waals surface area (Å²) in [6.07, 6.45) is -0.371. The number of nitrogens with zero attached hydrogens (tertiary/aromatic N) is 2. The number of benzene rings is 3. The van der Waals surface area contributed by atoms with E-state index in [2.05, 4.69) is 5.32 Å². The molecule has 0 aromatic heterocycles. The number of rotatable bonds is 11. The average Bonchev–Trinajstić information content (AvgIpc) is 3.49. The number of carbonyl (C=O) groups is 4. The molecule has 0 bridgehead atoms. The van der Waals surface area contributed by atoms with Gasteiger partial charge in [0.2, 0.25) is 5.91 Å². The van der Waals surface area contributed by atoms with Gasteiger partial charge in [-0.05, 0) is 42.5 Å². The minimum Gasteiger partial charge on any atom is -0.481 e. The lowest BCUT2D eigenvalue weighted by molar-refractivity contribution is -0.384. The molecule has 0 spiro atoms. The first-order valence-electron chi connectivity index (χ1n) is 13.2. The summed E-state index contributed by atoms with van der Waals surface area (Å²) in [7, 11) is 0. The molecule has 218 valence electrons. The van der Waals surface area contributed by atoms with E-state index >= 15 is 0 Å². The SMILES string of the molecule is O=C(N[C@H](C(=O)N1CCC[C@H]1C(=O)Oc1ccc([N+](=O)[O-])cc1)C(Cc1ccccc1)C(=O)O)OCc1ccccc1. The normalized spacial score (nSPS) is 15.7. The molecule has 1 heterocycles. The number of hydrogen-bond acceptors (Lipinski definition) is 8. The summed E-state index contributed by atoms with van der Waals surface area (Å²) in [4.78, 5) is 63.8. The summed E-state index contributed by atoms with van der Waals surface area (Å²) >= 11 is 0. The summed E-state index contributed by atoms with van der Waals surface area (Å²) in [5, 5.41) is 23.5. The number of esters is 1. The van der Waals surface area contributed by atoms with E-state index in [1.807, 2.05) is 0 Å². The maximum absolute atomic E-state index is 13.9. The Morgan fingerprint density at radius 2 is 1.57 bits per heavy atom. The van der Waals surface area contributed by atoms with Crippen LogP contribution in [0.4, 0.5) is 10.5 Å². The molecular weight excluding hydrogens is 546 g/mol. The Labute approximate surface area is 241 Å². The van der Waals surface area contributed by atoms with Crippen molar-refractivity contribution in [3.8, 4) is 5.75 Å². The molecule has 1 aliphatic heterocycles. The molecule has 1 saturated heterocycles. The van der Waals surface area contributed by atoms with Crippen LogP contribution in [-0.2, 0) is 32.1 Å². The average molecular weight is 576 g/mol. The number of nitrogens with one attached hydrogen (secondary N) is 1. The van der Waals surface area contributed by atoms with Crippen molar-refractivity contribution < 1.29 is 38.7 Å². The largest absolute Gasteiger partial charge is 0.481 e. The molecule has 4 rings (SSSR count). The molecule has 2 amide bonds. The molecule has 0 saturated carbocycles. The fraction of sp³-hybridized carbons (Fsp3) is 0.267. The Balaban J connectivity index is 1.54. The fourth-order valence-electron chi connectivity index (χ4n) is 4.72. The number of nitro groups is 1. The second kappa shape index (κ2) is 13.9. The van der Waals surface area contributed by atoms with Crippen molar-refractivity contribution in [2.24, 2.45) is 5.92 Å². The zero-order valence-corrected chi connectivity index (χ0v) is 22.5. The van der Waals surface area contributed by atoms with Gasteiger partial charge in [0.15, 0.2) is 0 Å². The van der Waals surface area contributed by atoms with Crippen LogP contribution >= 0.6 is 0 Å². The zero-order chi connectivity index (χ0) is 30.1. The van der Waals surface area contributed by atoms with E-state index in [1.54, 1.807) is 60.7 Å². The molecule has 12 nitrogen and oxygen atoms in total. The predicted octanol–water partition coefficient (Wildman–Crippen LogP) is 3.73. The highest BCUT2D eigenvalue weighted by Crippen LogP contribution is 2.25. The molecule has 2 N–H and O–H groups in total. The molecule has 1 fully saturated rings. The lowest BCUT2D eigenvalue weighted by Crippen LogP contribution is -2.57. The van der Waals surface area contributed by atoms with E-state index in [-0.39, 0.29) is 37.4 Å². The molecule has 42 heavy (non-hydrogen) atoms. The second-order valence-electron chi connectivity index (χ2n) is 9.68. The number of alkyl carbamates (subject to hydrolysis) is 1. The van der Waals surface area contributed by atoms with Crippen LogP contribution in [0.2, 0.25) is 0 Å². The molecule has 1 aliphatic rings. The van der Waals surface area contributed by atoms with E-state index in [0.717, 1.165) is 0 Å². The Morgan fingerprint density at radius 1 is 0.952 bits per heavy atom. The smallest absolute Gasteiger partial charge is 0.408 e. The standard InChI is InChI=1S/C30H29N3O9/c34-27(32-17-7-12-25(32)29(37)42-23-15-13-22(14-16-23)33(39)40)26(24(28(35)36)18-20-8-3-1-4-9-20)31-30(38)41-19-21-10-5-2-6-11-21/h1-6,8-11,13-16,24-26H,7,12,17-19H2,(H,31,38)(H,35,36)/t24?,25-,26-/m0/s1. The highest BCUT2D eigenvalue weighted by Gasteiger charge is 2.43. The molecule has 3 aromatic carbocycles. The topological polar surface area (TPSA) is 165 Å². The van der Waals surface area contributed by atoms with Crippen LogP contribution in [0.1, 0.15) is 24.0 Å². The molecule has 3 aromatic rings. The van der Waals surface area contributed by atoms with Gasteiger partial charge in [-0.15, -0.1) is 0 Å². The van der Waals surface area contributed by atoms with Crippen molar-refractivity contribution in [3.63, 3.8) is 0 Å². The van der Waals surface area contributed by atoms with Gasteiger partial charge >= 0.3 is 18.0 Å². The van der Waals surface area contributed by atoms with Crippen LogP contribution in [0.25, 0.3) is 0 Å². The van der Waals surface area contributed by atoms with Crippen molar-refractivity contribution in [2.75, 3.05) is 6.54 Å². The highest BCUT2D eigenvalue weighted by atomic mass is 16.6. The molecule has 0 aliphatic carbocycles. The first-order chi connectivity index (χ1) is 20.2. The predicted molar refractivity (Wildman–Crippen MR) is 148 cm³/mol. The van der Waals surface area contributed by atoms with E-state index in [4.69, 9.17) is 9.47 Å². The number of hydrogen-bond donors (Lipinski definition) is 2. The Kier molecular flexibility index (Phi) is 9.82. The third kappa shape index (κ3) is 7.68. The zero-order valence-electron chi connectivity index (χ0n) is 22.5. The van der Waals surface area contributed by atoms with Gasteiger partial charge in [0.1, 0.15) is 24.4 Å². The van der Waals surface area contributed by atoms with Gasteiger partial charge < -0.3 is 24.8 Å². The lowest BCUT2D eigenvalue weighted by Gasteiger charge is -2.31. The number of aliphatic carboxylic acids is 1. The number of carboxylic acids is 1. The van der Waals surface area contributed by atoms with Crippen molar-refractivity contribution in [1.29, 1.82) is 0 Å². The van der Waals surface area contributed by atoms with E-state index in [1.165, 1.54) is 29.2 Å². The third-order valence-corrected chi connectivity index (χ3v) is 6.84. The van der Waals surface area contributed by atoms with Crippen molar-refractivity contribution in [2.45, 2.75) is 38.0 Å². The molecule has 12 heteroatoms. The van der Waals surface area contributed by atoms with Gasteiger partial charge in [0.25, 0.3) is 5.69 Å². The first kappa shape index (κ1) is 29.7. The van der Waals surface area contributed by atoms with Crippen LogP contribution in [-0.4, -0.2) is 57.5 Å². The van der Waals surface area contributed by atoms with Crippen LogP contribution in [0.15, 0.2) is 84.9 Å². The van der Waals surface area contributed by atoms with Crippen molar-refractivity contribution in [1.82, 2.24) is 10.2 Å². The van der Waals surface area contributed by atoms with Crippen LogP contribution in [0.5, 0.6) is 5.75 Å². The van der Waals surface area contributed by atoms with Crippen LogP contribution in [0, 0.1) is 16.0 Å². The van der Waals surface area contributed by atoms with Crippen LogP contribution < -0.4 is 10.1 Å². The van der Waals surface area contributed by atoms with Gasteiger partial charge in [0.05, 0.1) is 10.8 Å². The number of likely N-dealkylation sites (tertiary alicyclic amines) is 1. The summed E-state index contributed by atoms with van der Waals surface area (Å²) in [5.41, 5.74) is 1.15. The van der Waals surface area contributed by atoms with Gasteiger partial charge in [-0.2, -0.15) is 0 Å². The summed E-state index contributed by atoms with van der Waals surface area (Å²) in [6, 6.07) is 19.8. The van der Waals surface area contributed by atoms with Crippen molar-refractivity contribution in [3.05, 3.63) is 106 Å². The number of ether oxygens (including phenoxy) is 2. The number of carbonyl (C=O) groups excluding carboxylic acids is 3. The van der Waals surface area contributed by atoms with E-state index < -0.39 is 46.9 Å². The van der Waals surface area contributed by atoms with E-state index in [0.29, 0.717) is 17.5 Å². The Hall–Kier alpha value is -5.26. The summed E-state index contributed by atoms with van der Waals surface area (Å²) in [6.45, 7) is 0.0334. The molecular formula is C30H29N3O9. The number of non-ortho nitro benzene ring substituents is 1. The lowest BCUT2D eigenvalue weighted by atomic mass is 9.91. The minimum atomic E-state index is -1.56. The number of amides is 2. The van der Waals surface area contributed by atoms with Crippen LogP contribution in [0.3, 0.4) is 0 Å². The number of nitro benzene ring substituents is 1. The monoisotopic (exact) mass is 575 g/mol. The second-order valence-corrected chi connectivity index (χ2v) is 9.68. The van der Waals surface area contributed by atoms with E-state index in [9.17, 15) is 34.4 Å². The number of carboxylic acid groups (broad SMARTS) is 1. The third-order valence-electron chi connectivity index (χ3n) is 6.84. The maximum Gasteiger partial charge on any atom is 0.408 e. The summed E-state index contributed by atoms with van der Waals surface area (Å²) in [5.74, 6) is -4.19. The maximum atomic E-state index is 13.9. The Morgan fingerprint density at radius 3 is 2.17 bits per heavy atom. The van der Waals surface area contributed by atoms with Gasteiger partial charge in [-0.1, -0.05) is 60.7 Å². The Bertz CT molecular complexity index is 1410. The molecule has 3 atom stereocenters. The molecule has 0 radical (unpaired) electrons. The first-order valence-corrected chi connectivity index (χ1v) is 13.2. The van der Waals surface area contributed by atoms with Gasteiger partial charge in [-0.3, -0.25) is 19.7 Å². The fourth-order valence-corrected chi connectivity index (χ4v) is 4.72. The summed E-state index contributed by atoms with van der Waals surface area (Å²) < 4.78 is 10.7. The quantitative estimate of drug-likeness (QED) is 0.150.